The minimum Gasteiger partial charge on any atom is -0.493 e. The van der Waals surface area contributed by atoms with E-state index in [9.17, 15) is 33.5 Å². The number of benzene rings is 4. The molecule has 17 nitrogen and oxygen atoms in total. The van der Waals surface area contributed by atoms with Crippen LogP contribution < -0.4 is 30.2 Å². The number of fused-ring (bicyclic) bond motifs is 1. The van der Waals surface area contributed by atoms with Gasteiger partial charge in [0.2, 0.25) is 23.6 Å². The lowest BCUT2D eigenvalue weighted by Crippen LogP contribution is -2.50. The Hall–Kier alpha value is -7.39. The van der Waals surface area contributed by atoms with Gasteiger partial charge < -0.3 is 49.6 Å². The molecule has 8 rings (SSSR count). The van der Waals surface area contributed by atoms with E-state index in [1.165, 1.54) is 54.6 Å². The van der Waals surface area contributed by atoms with Gasteiger partial charge in [-0.1, -0.05) is 45.0 Å². The number of aryl methyl sites for hydroxylation is 1. The van der Waals surface area contributed by atoms with Crippen LogP contribution in [0.15, 0.2) is 96.6 Å². The number of aromatic nitrogens is 2. The van der Waals surface area contributed by atoms with Gasteiger partial charge in [-0.2, -0.15) is 0 Å². The minimum atomic E-state index is -1.32. The van der Waals surface area contributed by atoms with E-state index in [4.69, 9.17) is 23.7 Å². The number of carbonyl (C=O) groups is 5. The molecule has 3 atom stereocenters. The molecule has 1 saturated heterocycles. The maximum absolute atomic E-state index is 15.5. The second kappa shape index (κ2) is 26.0. The molecule has 2 aromatic heterocycles. The number of ketones is 1. The molecule has 1 saturated carbocycles. The van der Waals surface area contributed by atoms with E-state index >= 15 is 4.39 Å². The van der Waals surface area contributed by atoms with Gasteiger partial charge in [-0.05, 0) is 91.3 Å². The summed E-state index contributed by atoms with van der Waals surface area (Å²) in [5, 5.41) is 19.4. The fourth-order valence-corrected chi connectivity index (χ4v) is 10.1. The van der Waals surface area contributed by atoms with Crippen LogP contribution in [0.5, 0.6) is 23.0 Å². The third kappa shape index (κ3) is 14.8. The van der Waals surface area contributed by atoms with Gasteiger partial charge in [-0.3, -0.25) is 29.0 Å². The highest BCUT2D eigenvalue weighted by Gasteiger charge is 2.56. The SMILES string of the molecule is COc1cc2c(Oc3ccc(NC(=O)C4(C(=O)Nc5ccc(F)cc5)CC4)cc3F)ccnc2cc1OCCCOCCCOCCC(=O)C[C@H](C(=O)N1C[C@H](O)C[C@H]1C(=O)NCc1ccc(-c2scnc2C)cc1)C(C)(C)C. The third-order valence-corrected chi connectivity index (χ3v) is 15.0. The Bertz CT molecular complexity index is 3130. The van der Waals surface area contributed by atoms with Gasteiger partial charge in [0.05, 0.1) is 48.0 Å². The van der Waals surface area contributed by atoms with Crippen molar-refractivity contribution < 1.29 is 61.5 Å². The number of halogens is 2. The van der Waals surface area contributed by atoms with E-state index in [0.29, 0.717) is 85.9 Å². The lowest BCUT2D eigenvalue weighted by Gasteiger charge is -2.34. The number of aliphatic hydroxyl groups is 1. The van der Waals surface area contributed by atoms with Crippen LogP contribution >= 0.6 is 11.3 Å². The first-order valence-corrected chi connectivity index (χ1v) is 27.2. The van der Waals surface area contributed by atoms with Crippen LogP contribution in [-0.2, 0) is 40.0 Å². The number of likely N-dealkylation sites (tertiary alicyclic amines) is 1. The van der Waals surface area contributed by atoms with Crippen molar-refractivity contribution in [2.24, 2.45) is 16.7 Å². The molecule has 79 heavy (non-hydrogen) atoms. The number of rotatable bonds is 26. The van der Waals surface area contributed by atoms with Crippen molar-refractivity contribution in [3.05, 3.63) is 120 Å². The van der Waals surface area contributed by atoms with Crippen LogP contribution in [0.1, 0.15) is 77.0 Å². The summed E-state index contributed by atoms with van der Waals surface area (Å²) >= 11 is 1.57. The molecule has 20 heteroatoms. The number of β-amino-alcohol motifs (C(OH)–C–C–N with tert-alkyl or cyclic N) is 1. The normalized spacial score (nSPS) is 16.0. The standard InChI is InChI=1S/C59H66F2N6O11S/c1-36-53(79-35-64-36)38-10-8-37(9-11-38)33-63-54(70)48-30-43(69)34-67(48)55(71)45(58(2,3)4)29-42(68)19-27-76-24-6-23-75-25-7-26-77-52-32-47-44(31-51(52)74-5)49(18-22-62-47)78-50-17-16-41(28-46(50)61)66-57(73)59(20-21-59)56(72)65-40-14-12-39(60)13-15-40/h8-18,22,28,31-32,35,43,45,48,69H,6-7,19-21,23-27,29-30,33-34H2,1-5H3,(H,63,70)(H,65,72)(H,66,73)/t43-,45-,48+/m1/s1. The largest absolute Gasteiger partial charge is 0.493 e. The van der Waals surface area contributed by atoms with Gasteiger partial charge >= 0.3 is 0 Å². The number of pyridine rings is 1. The van der Waals surface area contributed by atoms with Crippen molar-refractivity contribution >= 4 is 63.0 Å². The van der Waals surface area contributed by atoms with Gasteiger partial charge in [0.25, 0.3) is 0 Å². The highest BCUT2D eigenvalue weighted by atomic mass is 32.1. The molecule has 4 N–H and O–H groups in total. The number of thiazole rings is 1. The van der Waals surface area contributed by atoms with Crippen molar-refractivity contribution in [2.75, 3.05) is 57.3 Å². The molecule has 0 bridgehead atoms. The number of aliphatic hydroxyl groups excluding tert-OH is 1. The van der Waals surface area contributed by atoms with Gasteiger partial charge in [0.15, 0.2) is 23.1 Å². The van der Waals surface area contributed by atoms with E-state index in [1.807, 2.05) is 57.5 Å². The summed E-state index contributed by atoms with van der Waals surface area (Å²) in [7, 11) is 1.50. The molecule has 418 valence electrons. The number of Topliss-reactive ketones (excluding diaryl/α,β-unsaturated/α-hetero) is 1. The first kappa shape index (κ1) is 57.8. The third-order valence-electron chi connectivity index (χ3n) is 14.0. The average Bonchev–Trinajstić information content (AvgIpc) is 4.09. The van der Waals surface area contributed by atoms with Crippen LogP contribution in [0, 0.1) is 35.3 Å². The van der Waals surface area contributed by atoms with Crippen molar-refractivity contribution in [3.8, 4) is 33.4 Å². The van der Waals surface area contributed by atoms with Crippen molar-refractivity contribution in [3.63, 3.8) is 0 Å². The second-order valence-electron chi connectivity index (χ2n) is 20.8. The number of nitrogens with one attached hydrogen (secondary N) is 3. The molecule has 1 aliphatic heterocycles. The summed E-state index contributed by atoms with van der Waals surface area (Å²) in [4.78, 5) is 78.2. The van der Waals surface area contributed by atoms with Crippen LogP contribution in [-0.4, -0.2) is 108 Å². The Morgan fingerprint density at radius 1 is 0.810 bits per heavy atom. The molecular weight excluding hydrogens is 1040 g/mol. The number of amides is 4. The van der Waals surface area contributed by atoms with Gasteiger partial charge in [0, 0.05) is 99.6 Å². The zero-order chi connectivity index (χ0) is 56.3. The summed E-state index contributed by atoms with van der Waals surface area (Å²) in [6.45, 7) is 9.62. The molecule has 0 radical (unpaired) electrons. The number of hydrogen-bond acceptors (Lipinski definition) is 14. The van der Waals surface area contributed by atoms with Crippen LogP contribution in [0.25, 0.3) is 21.3 Å². The van der Waals surface area contributed by atoms with E-state index in [1.54, 1.807) is 29.5 Å². The molecule has 4 aromatic carbocycles. The summed E-state index contributed by atoms with van der Waals surface area (Å²) < 4.78 is 58.0. The summed E-state index contributed by atoms with van der Waals surface area (Å²) in [5.74, 6) is -2.83. The van der Waals surface area contributed by atoms with Gasteiger partial charge in [0.1, 0.15) is 28.8 Å². The topological polar surface area (TPSA) is 217 Å². The summed E-state index contributed by atoms with van der Waals surface area (Å²) in [6, 6.07) is 21.1. The molecule has 4 amide bonds. The molecule has 3 heterocycles. The quantitative estimate of drug-likeness (QED) is 0.0294. The highest BCUT2D eigenvalue weighted by Crippen LogP contribution is 2.48. The van der Waals surface area contributed by atoms with Crippen LogP contribution in [0.3, 0.4) is 0 Å². The zero-order valence-corrected chi connectivity index (χ0v) is 45.7. The van der Waals surface area contributed by atoms with E-state index in [0.717, 1.165) is 27.8 Å². The highest BCUT2D eigenvalue weighted by molar-refractivity contribution is 7.13. The second-order valence-corrected chi connectivity index (χ2v) is 21.7. The number of anilines is 2. The van der Waals surface area contributed by atoms with E-state index < -0.39 is 52.3 Å². The molecule has 6 aromatic rings. The smallest absolute Gasteiger partial charge is 0.243 e. The molecule has 0 unspecified atom stereocenters. The Morgan fingerprint density at radius 2 is 1.49 bits per heavy atom. The summed E-state index contributed by atoms with van der Waals surface area (Å²) in [5.41, 5.74) is 3.79. The van der Waals surface area contributed by atoms with E-state index in [-0.39, 0.29) is 68.0 Å². The van der Waals surface area contributed by atoms with Crippen LogP contribution in [0.4, 0.5) is 20.2 Å². The predicted molar refractivity (Wildman–Crippen MR) is 294 cm³/mol. The molecular formula is C59H66F2N6O11S. The molecule has 2 aliphatic rings. The number of hydrogen-bond donors (Lipinski definition) is 4. The lowest BCUT2D eigenvalue weighted by atomic mass is 9.76. The maximum Gasteiger partial charge on any atom is 0.243 e. The number of methoxy groups -OCH3 is 1. The minimum absolute atomic E-state index is 0.0150. The number of ether oxygens (including phenoxy) is 5. The van der Waals surface area contributed by atoms with Crippen molar-refractivity contribution in [1.29, 1.82) is 0 Å². The molecule has 0 spiro atoms. The van der Waals surface area contributed by atoms with Crippen molar-refractivity contribution in [1.82, 2.24) is 20.2 Å². The lowest BCUT2D eigenvalue weighted by molar-refractivity contribution is -0.146. The van der Waals surface area contributed by atoms with Crippen molar-refractivity contribution in [2.45, 2.75) is 91.3 Å². The Morgan fingerprint density at radius 3 is 2.15 bits per heavy atom. The molecule has 2 fully saturated rings. The monoisotopic (exact) mass is 1100 g/mol. The first-order chi connectivity index (χ1) is 37.9. The van der Waals surface area contributed by atoms with Gasteiger partial charge in [-0.25, -0.2) is 13.8 Å². The first-order valence-electron chi connectivity index (χ1n) is 26.3. The maximum atomic E-state index is 15.5. The van der Waals surface area contributed by atoms with Crippen LogP contribution in [0.2, 0.25) is 0 Å². The Balaban J connectivity index is 0.721. The fraction of sp³-hybridized carbons (Fsp3) is 0.407. The zero-order valence-electron chi connectivity index (χ0n) is 44.9. The van der Waals surface area contributed by atoms with E-state index in [2.05, 4.69) is 25.9 Å². The predicted octanol–water partition coefficient (Wildman–Crippen LogP) is 9.59. The summed E-state index contributed by atoms with van der Waals surface area (Å²) in [6.07, 6.45) is 2.66. The Kier molecular flexibility index (Phi) is 19.0. The Labute approximate surface area is 461 Å². The fourth-order valence-electron chi connectivity index (χ4n) is 9.24. The number of nitrogens with zero attached hydrogens (tertiary/aromatic N) is 3. The molecule has 1 aliphatic carbocycles. The van der Waals surface area contributed by atoms with Gasteiger partial charge in [-0.15, -0.1) is 11.3 Å². The number of carbonyl (C=O) groups excluding carboxylic acids is 5. The average molecular weight is 1110 g/mol.